The number of guanidine groups is 1. The van der Waals surface area contributed by atoms with E-state index in [0.717, 1.165) is 44.1 Å². The van der Waals surface area contributed by atoms with Crippen LogP contribution in [0.25, 0.3) is 10.8 Å². The van der Waals surface area contributed by atoms with Crippen molar-refractivity contribution in [1.82, 2.24) is 14.9 Å². The molecule has 2 N–H and O–H groups in total. The molecule has 1 aliphatic heterocycles. The van der Waals surface area contributed by atoms with E-state index in [2.05, 4.69) is 34.9 Å². The predicted molar refractivity (Wildman–Crippen MR) is 127 cm³/mol. The van der Waals surface area contributed by atoms with E-state index in [1.807, 2.05) is 25.1 Å². The van der Waals surface area contributed by atoms with Gasteiger partial charge in [-0.15, -0.1) is 0 Å². The molecule has 0 bridgehead atoms. The van der Waals surface area contributed by atoms with Crippen molar-refractivity contribution in [3.05, 3.63) is 42.5 Å². The molecule has 1 fully saturated rings. The van der Waals surface area contributed by atoms with Crippen LogP contribution in [0.15, 0.2) is 47.5 Å². The molecule has 0 aliphatic carbocycles. The number of piperidine rings is 1. The highest BCUT2D eigenvalue weighted by molar-refractivity contribution is 7.88. The van der Waals surface area contributed by atoms with Gasteiger partial charge in [-0.05, 0) is 55.0 Å². The molecule has 0 spiro atoms. The van der Waals surface area contributed by atoms with Gasteiger partial charge in [-0.3, -0.25) is 4.99 Å². The van der Waals surface area contributed by atoms with E-state index < -0.39 is 10.0 Å². The first kappa shape index (κ1) is 23.3. The molecule has 2 aromatic carbocycles. The molecule has 1 aliphatic rings. The van der Waals surface area contributed by atoms with Crippen molar-refractivity contribution in [3.8, 4) is 5.75 Å². The summed E-state index contributed by atoms with van der Waals surface area (Å²) in [4.78, 5) is 4.70. The molecule has 0 saturated carbocycles. The van der Waals surface area contributed by atoms with Crippen LogP contribution in [-0.2, 0) is 10.0 Å². The first-order valence-corrected chi connectivity index (χ1v) is 12.9. The number of ether oxygens (including phenoxy) is 1. The number of rotatable bonds is 9. The Morgan fingerprint density at radius 1 is 1.13 bits per heavy atom. The summed E-state index contributed by atoms with van der Waals surface area (Å²) in [5.41, 5.74) is 0. The number of nitrogens with one attached hydrogen (secondary N) is 2. The highest BCUT2D eigenvalue weighted by atomic mass is 32.2. The smallest absolute Gasteiger partial charge is 0.211 e. The lowest BCUT2D eigenvalue weighted by atomic mass is 9.98. The third-order valence-electron chi connectivity index (χ3n) is 5.50. The van der Waals surface area contributed by atoms with Crippen LogP contribution in [0.1, 0.15) is 26.2 Å². The van der Waals surface area contributed by atoms with Crippen molar-refractivity contribution in [2.45, 2.75) is 26.2 Å². The Morgan fingerprint density at radius 3 is 2.58 bits per heavy atom. The van der Waals surface area contributed by atoms with Crippen LogP contribution in [0.3, 0.4) is 0 Å². The molecule has 8 heteroatoms. The van der Waals surface area contributed by atoms with Crippen LogP contribution in [0.2, 0.25) is 0 Å². The molecule has 31 heavy (non-hydrogen) atoms. The van der Waals surface area contributed by atoms with Crippen molar-refractivity contribution in [2.75, 3.05) is 45.6 Å². The summed E-state index contributed by atoms with van der Waals surface area (Å²) >= 11 is 0. The van der Waals surface area contributed by atoms with Crippen molar-refractivity contribution in [2.24, 2.45) is 10.9 Å². The molecular formula is C23H34N4O3S. The van der Waals surface area contributed by atoms with Crippen LogP contribution in [0.5, 0.6) is 5.75 Å². The second-order valence-corrected chi connectivity index (χ2v) is 9.95. The standard InChI is InChI=1S/C23H34N4O3S/c1-3-24-23(26-18-19-11-14-27(15-12-19)31(2,28)29)25-13-6-16-30-22-10-9-20-7-4-5-8-21(20)17-22/h4-5,7-10,17,19H,3,6,11-16,18H2,1-2H3,(H2,24,25,26). The maximum absolute atomic E-state index is 11.6. The lowest BCUT2D eigenvalue weighted by Gasteiger charge is -2.29. The predicted octanol–water partition coefficient (Wildman–Crippen LogP) is 2.84. The number of fused-ring (bicyclic) bond motifs is 1. The van der Waals surface area contributed by atoms with Gasteiger partial charge in [-0.2, -0.15) is 0 Å². The maximum Gasteiger partial charge on any atom is 0.211 e. The van der Waals surface area contributed by atoms with Crippen molar-refractivity contribution < 1.29 is 13.2 Å². The normalized spacial score (nSPS) is 16.4. The number of nitrogens with zero attached hydrogens (tertiary/aromatic N) is 2. The summed E-state index contributed by atoms with van der Waals surface area (Å²) in [6.07, 6.45) is 3.86. The molecule has 0 atom stereocenters. The quantitative estimate of drug-likeness (QED) is 0.352. The lowest BCUT2D eigenvalue weighted by Crippen LogP contribution is -2.40. The van der Waals surface area contributed by atoms with E-state index in [4.69, 9.17) is 9.73 Å². The van der Waals surface area contributed by atoms with Crippen LogP contribution in [0, 0.1) is 5.92 Å². The van der Waals surface area contributed by atoms with Gasteiger partial charge >= 0.3 is 0 Å². The molecule has 0 unspecified atom stereocenters. The fourth-order valence-corrected chi connectivity index (χ4v) is 4.59. The summed E-state index contributed by atoms with van der Waals surface area (Å²) in [5.74, 6) is 2.11. The Labute approximate surface area is 185 Å². The molecule has 3 rings (SSSR count). The summed E-state index contributed by atoms with van der Waals surface area (Å²) < 4.78 is 30.7. The van der Waals surface area contributed by atoms with Crippen LogP contribution >= 0.6 is 0 Å². The van der Waals surface area contributed by atoms with E-state index in [1.54, 1.807) is 4.31 Å². The molecular weight excluding hydrogens is 412 g/mol. The first-order chi connectivity index (χ1) is 15.0. The number of hydrogen-bond acceptors (Lipinski definition) is 4. The fraction of sp³-hybridized carbons (Fsp3) is 0.522. The minimum absolute atomic E-state index is 0.421. The monoisotopic (exact) mass is 446 g/mol. The molecule has 1 saturated heterocycles. The second kappa shape index (κ2) is 11.3. The van der Waals surface area contributed by atoms with E-state index in [9.17, 15) is 8.42 Å². The Kier molecular flexibility index (Phi) is 8.54. The van der Waals surface area contributed by atoms with Gasteiger partial charge in [0.2, 0.25) is 10.0 Å². The van der Waals surface area contributed by atoms with Gasteiger partial charge in [0.25, 0.3) is 0 Å². The fourth-order valence-electron chi connectivity index (χ4n) is 3.71. The van der Waals surface area contributed by atoms with Gasteiger partial charge in [0.1, 0.15) is 5.75 Å². The lowest BCUT2D eigenvalue weighted by molar-refractivity contribution is 0.280. The van der Waals surface area contributed by atoms with Gasteiger partial charge in [0, 0.05) is 32.7 Å². The maximum atomic E-state index is 11.6. The molecule has 0 radical (unpaired) electrons. The van der Waals surface area contributed by atoms with Gasteiger partial charge in [-0.1, -0.05) is 30.3 Å². The summed E-state index contributed by atoms with van der Waals surface area (Å²) in [6, 6.07) is 14.4. The summed E-state index contributed by atoms with van der Waals surface area (Å²) in [7, 11) is -3.08. The van der Waals surface area contributed by atoms with E-state index in [1.165, 1.54) is 17.0 Å². The van der Waals surface area contributed by atoms with Crippen molar-refractivity contribution >= 4 is 26.8 Å². The summed E-state index contributed by atoms with van der Waals surface area (Å²) in [6.45, 7) is 6.14. The molecule has 7 nitrogen and oxygen atoms in total. The highest BCUT2D eigenvalue weighted by Crippen LogP contribution is 2.21. The zero-order valence-electron chi connectivity index (χ0n) is 18.5. The Hall–Kier alpha value is -2.32. The van der Waals surface area contributed by atoms with Crippen LogP contribution in [0.4, 0.5) is 0 Å². The minimum Gasteiger partial charge on any atom is -0.494 e. The zero-order chi connectivity index (χ0) is 22.1. The van der Waals surface area contributed by atoms with Crippen LogP contribution < -0.4 is 15.4 Å². The van der Waals surface area contributed by atoms with Crippen LogP contribution in [-0.4, -0.2) is 64.3 Å². The molecule has 2 aromatic rings. The average Bonchev–Trinajstić information content (AvgIpc) is 2.76. The summed E-state index contributed by atoms with van der Waals surface area (Å²) in [5, 5.41) is 9.03. The van der Waals surface area contributed by atoms with E-state index >= 15 is 0 Å². The number of sulfonamides is 1. The largest absolute Gasteiger partial charge is 0.494 e. The first-order valence-electron chi connectivity index (χ1n) is 11.0. The van der Waals surface area contributed by atoms with E-state index in [-0.39, 0.29) is 0 Å². The van der Waals surface area contributed by atoms with Gasteiger partial charge in [0.05, 0.1) is 12.9 Å². The molecule has 170 valence electrons. The van der Waals surface area contributed by atoms with Gasteiger partial charge in [0.15, 0.2) is 5.96 Å². The number of benzene rings is 2. The Morgan fingerprint density at radius 2 is 1.87 bits per heavy atom. The zero-order valence-corrected chi connectivity index (χ0v) is 19.3. The number of aliphatic imine (C=N–C) groups is 1. The highest BCUT2D eigenvalue weighted by Gasteiger charge is 2.24. The van der Waals surface area contributed by atoms with Gasteiger partial charge in [-0.25, -0.2) is 12.7 Å². The minimum atomic E-state index is -3.08. The topological polar surface area (TPSA) is 83.0 Å². The number of hydrogen-bond donors (Lipinski definition) is 2. The molecule has 1 heterocycles. The molecule has 0 amide bonds. The van der Waals surface area contributed by atoms with Crippen molar-refractivity contribution in [1.29, 1.82) is 0 Å². The third kappa shape index (κ3) is 7.40. The Balaban J connectivity index is 1.38. The Bertz CT molecular complexity index is 970. The third-order valence-corrected chi connectivity index (χ3v) is 6.80. The SMILES string of the molecule is CCNC(=NCC1CCN(S(C)(=O)=O)CC1)NCCCOc1ccc2ccccc2c1. The van der Waals surface area contributed by atoms with E-state index in [0.29, 0.717) is 32.2 Å². The van der Waals surface area contributed by atoms with Crippen molar-refractivity contribution in [3.63, 3.8) is 0 Å². The second-order valence-electron chi connectivity index (χ2n) is 7.96. The molecule has 0 aromatic heterocycles. The average molecular weight is 447 g/mol. The van der Waals surface area contributed by atoms with Gasteiger partial charge < -0.3 is 15.4 Å².